The SMILES string of the molecule is CC(C)CN(C)Cc1ccc(C(=O)Nc2c(C(N)=O)oc3ccc(F)cc23)o1. The zero-order valence-electron chi connectivity index (χ0n) is 15.9. The number of carbonyl (C=O) groups excluding carboxylic acids is 2. The first-order valence-corrected chi connectivity index (χ1v) is 8.85. The Hall–Kier alpha value is -3.13. The average molecular weight is 387 g/mol. The molecule has 0 spiro atoms. The predicted octanol–water partition coefficient (Wildman–Crippen LogP) is 3.60. The summed E-state index contributed by atoms with van der Waals surface area (Å²) in [5.74, 6) is -1.05. The largest absolute Gasteiger partial charge is 0.455 e. The van der Waals surface area contributed by atoms with E-state index in [1.54, 1.807) is 12.1 Å². The van der Waals surface area contributed by atoms with E-state index in [9.17, 15) is 14.0 Å². The topological polar surface area (TPSA) is 102 Å². The highest BCUT2D eigenvalue weighted by Crippen LogP contribution is 2.31. The number of carbonyl (C=O) groups is 2. The molecule has 2 heterocycles. The summed E-state index contributed by atoms with van der Waals surface area (Å²) in [5.41, 5.74) is 5.58. The molecular weight excluding hydrogens is 365 g/mol. The van der Waals surface area contributed by atoms with Gasteiger partial charge in [-0.3, -0.25) is 14.5 Å². The Balaban J connectivity index is 1.83. The Morgan fingerprint density at radius 3 is 2.64 bits per heavy atom. The number of nitrogens with zero attached hydrogens (tertiary/aromatic N) is 1. The highest BCUT2D eigenvalue weighted by atomic mass is 19.1. The molecule has 0 atom stereocenters. The van der Waals surface area contributed by atoms with Crippen molar-refractivity contribution in [3.05, 3.63) is 53.4 Å². The van der Waals surface area contributed by atoms with Crippen LogP contribution < -0.4 is 11.1 Å². The number of nitrogens with two attached hydrogens (primary N) is 1. The number of hydrogen-bond acceptors (Lipinski definition) is 5. The number of furan rings is 2. The third-order valence-electron chi connectivity index (χ3n) is 4.10. The van der Waals surface area contributed by atoms with Gasteiger partial charge in [0.2, 0.25) is 5.76 Å². The van der Waals surface area contributed by atoms with E-state index in [4.69, 9.17) is 14.6 Å². The molecule has 2 amide bonds. The minimum Gasteiger partial charge on any atom is -0.455 e. The van der Waals surface area contributed by atoms with Crippen LogP contribution in [0, 0.1) is 11.7 Å². The molecule has 0 saturated carbocycles. The molecule has 3 N–H and O–H groups in total. The van der Waals surface area contributed by atoms with Crippen LogP contribution in [0.3, 0.4) is 0 Å². The fraction of sp³-hybridized carbons (Fsp3) is 0.300. The van der Waals surface area contributed by atoms with Crippen molar-refractivity contribution in [1.82, 2.24) is 4.90 Å². The monoisotopic (exact) mass is 387 g/mol. The van der Waals surface area contributed by atoms with Gasteiger partial charge in [0.25, 0.3) is 11.8 Å². The van der Waals surface area contributed by atoms with Crippen LogP contribution in [0.15, 0.2) is 39.2 Å². The first kappa shape index (κ1) is 19.6. The molecule has 0 aliphatic rings. The second-order valence-corrected chi connectivity index (χ2v) is 7.12. The average Bonchev–Trinajstić information content (AvgIpc) is 3.19. The summed E-state index contributed by atoms with van der Waals surface area (Å²) in [6, 6.07) is 6.97. The highest BCUT2D eigenvalue weighted by molar-refractivity contribution is 6.13. The number of nitrogens with one attached hydrogen (secondary N) is 1. The van der Waals surface area contributed by atoms with Crippen LogP contribution in [0.2, 0.25) is 0 Å². The van der Waals surface area contributed by atoms with E-state index in [1.165, 1.54) is 12.1 Å². The molecule has 0 radical (unpaired) electrons. The molecule has 2 aromatic heterocycles. The van der Waals surface area contributed by atoms with Crippen molar-refractivity contribution in [2.75, 3.05) is 18.9 Å². The van der Waals surface area contributed by atoms with Gasteiger partial charge in [-0.05, 0) is 43.3 Å². The number of benzene rings is 1. The van der Waals surface area contributed by atoms with Gasteiger partial charge in [0.1, 0.15) is 22.8 Å². The van der Waals surface area contributed by atoms with Crippen molar-refractivity contribution in [1.29, 1.82) is 0 Å². The van der Waals surface area contributed by atoms with Crippen LogP contribution in [-0.4, -0.2) is 30.3 Å². The maximum absolute atomic E-state index is 13.6. The lowest BCUT2D eigenvalue weighted by Gasteiger charge is -2.17. The first-order valence-electron chi connectivity index (χ1n) is 8.85. The number of halogens is 1. The smallest absolute Gasteiger partial charge is 0.291 e. The van der Waals surface area contributed by atoms with Gasteiger partial charge in [-0.2, -0.15) is 0 Å². The Kier molecular flexibility index (Phi) is 5.51. The number of rotatable bonds is 7. The molecule has 8 heteroatoms. The van der Waals surface area contributed by atoms with E-state index in [0.29, 0.717) is 18.2 Å². The normalized spacial score (nSPS) is 11.5. The lowest BCUT2D eigenvalue weighted by atomic mass is 10.2. The van der Waals surface area contributed by atoms with E-state index < -0.39 is 17.6 Å². The van der Waals surface area contributed by atoms with Gasteiger partial charge in [0.15, 0.2) is 5.76 Å². The molecule has 7 nitrogen and oxygen atoms in total. The zero-order chi connectivity index (χ0) is 20.4. The maximum atomic E-state index is 13.6. The van der Waals surface area contributed by atoms with Gasteiger partial charge in [0.05, 0.1) is 6.54 Å². The molecule has 0 fully saturated rings. The van der Waals surface area contributed by atoms with Crippen molar-refractivity contribution in [3.8, 4) is 0 Å². The summed E-state index contributed by atoms with van der Waals surface area (Å²) in [7, 11) is 1.97. The molecule has 1 aromatic carbocycles. The van der Waals surface area contributed by atoms with Crippen molar-refractivity contribution in [2.45, 2.75) is 20.4 Å². The first-order chi connectivity index (χ1) is 13.2. The van der Waals surface area contributed by atoms with Gasteiger partial charge >= 0.3 is 0 Å². The fourth-order valence-corrected chi connectivity index (χ4v) is 3.08. The second-order valence-electron chi connectivity index (χ2n) is 7.12. The van der Waals surface area contributed by atoms with E-state index >= 15 is 0 Å². The van der Waals surface area contributed by atoms with Crippen LogP contribution in [0.4, 0.5) is 10.1 Å². The van der Waals surface area contributed by atoms with Gasteiger partial charge in [-0.25, -0.2) is 4.39 Å². The summed E-state index contributed by atoms with van der Waals surface area (Å²) in [6.07, 6.45) is 0. The summed E-state index contributed by atoms with van der Waals surface area (Å²) >= 11 is 0. The van der Waals surface area contributed by atoms with E-state index in [2.05, 4.69) is 24.1 Å². The molecule has 0 aliphatic carbocycles. The van der Waals surface area contributed by atoms with Crippen molar-refractivity contribution in [2.24, 2.45) is 11.7 Å². The lowest BCUT2D eigenvalue weighted by molar-refractivity contribution is 0.0977. The standard InChI is InChI=1S/C20H22FN3O4/c1-11(2)9-24(3)10-13-5-7-16(27-13)20(26)23-17-14-8-12(21)4-6-15(14)28-18(17)19(22)25/h4-8,11H,9-10H2,1-3H3,(H2,22,25)(H,23,26). The quantitative estimate of drug-likeness (QED) is 0.645. The lowest BCUT2D eigenvalue weighted by Crippen LogP contribution is -2.22. The summed E-state index contributed by atoms with van der Waals surface area (Å²) in [4.78, 5) is 26.3. The molecule has 0 unspecified atom stereocenters. The van der Waals surface area contributed by atoms with Gasteiger partial charge in [0, 0.05) is 11.9 Å². The third kappa shape index (κ3) is 4.23. The van der Waals surface area contributed by atoms with Crippen LogP contribution in [-0.2, 0) is 6.54 Å². The van der Waals surface area contributed by atoms with E-state index in [0.717, 1.165) is 12.6 Å². The van der Waals surface area contributed by atoms with Crippen LogP contribution in [0.5, 0.6) is 0 Å². The molecular formula is C20H22FN3O4. The minimum absolute atomic E-state index is 0.0156. The van der Waals surface area contributed by atoms with Crippen molar-refractivity contribution >= 4 is 28.5 Å². The zero-order valence-corrected chi connectivity index (χ0v) is 15.9. The molecule has 0 bridgehead atoms. The Morgan fingerprint density at radius 1 is 1.21 bits per heavy atom. The maximum Gasteiger partial charge on any atom is 0.291 e. The number of hydrogen-bond donors (Lipinski definition) is 2. The highest BCUT2D eigenvalue weighted by Gasteiger charge is 2.23. The van der Waals surface area contributed by atoms with Crippen molar-refractivity contribution < 1.29 is 22.8 Å². The van der Waals surface area contributed by atoms with E-state index in [-0.39, 0.29) is 28.2 Å². The van der Waals surface area contributed by atoms with Crippen LogP contribution in [0.25, 0.3) is 11.0 Å². The molecule has 0 aliphatic heterocycles. The predicted molar refractivity (Wildman–Crippen MR) is 103 cm³/mol. The van der Waals surface area contributed by atoms with Gasteiger partial charge in [-0.15, -0.1) is 0 Å². The van der Waals surface area contributed by atoms with Crippen molar-refractivity contribution in [3.63, 3.8) is 0 Å². The summed E-state index contributed by atoms with van der Waals surface area (Å²) in [6.45, 7) is 5.67. The van der Waals surface area contributed by atoms with E-state index in [1.807, 2.05) is 7.05 Å². The Bertz CT molecular complexity index is 1020. The number of anilines is 1. The van der Waals surface area contributed by atoms with Crippen LogP contribution in [0.1, 0.15) is 40.7 Å². The molecule has 0 saturated heterocycles. The molecule has 3 rings (SSSR count). The van der Waals surface area contributed by atoms with Gasteiger partial charge in [-0.1, -0.05) is 13.8 Å². The molecule has 28 heavy (non-hydrogen) atoms. The minimum atomic E-state index is -0.873. The summed E-state index contributed by atoms with van der Waals surface area (Å²) < 4.78 is 24.6. The molecule has 3 aromatic rings. The Morgan fingerprint density at radius 2 is 1.96 bits per heavy atom. The van der Waals surface area contributed by atoms with Crippen LogP contribution >= 0.6 is 0 Å². The molecule has 148 valence electrons. The number of fused-ring (bicyclic) bond motifs is 1. The Labute approximate surface area is 161 Å². The third-order valence-corrected chi connectivity index (χ3v) is 4.10. The fourth-order valence-electron chi connectivity index (χ4n) is 3.08. The van der Waals surface area contributed by atoms with Gasteiger partial charge < -0.3 is 19.9 Å². The second kappa shape index (κ2) is 7.85. The number of primary amides is 1. The summed E-state index contributed by atoms with van der Waals surface area (Å²) in [5, 5.41) is 2.79. The number of amides is 2.